The quantitative estimate of drug-likeness (QED) is 0.930. The average molecular weight is 312 g/mol. The first-order valence-electron chi connectivity index (χ1n) is 7.36. The topological polar surface area (TPSA) is 62.7 Å². The number of carbonyl (C=O) groups is 1. The second-order valence-electron chi connectivity index (χ2n) is 6.15. The minimum atomic E-state index is -2.53. The summed E-state index contributed by atoms with van der Waals surface area (Å²) in [5, 5.41) is 8.95. The second kappa shape index (κ2) is 5.70. The third kappa shape index (κ3) is 2.98. The monoisotopic (exact) mass is 312 g/mol. The van der Waals surface area contributed by atoms with E-state index in [1.807, 2.05) is 0 Å². The Balaban J connectivity index is 1.52. The smallest absolute Gasteiger partial charge is 0.407 e. The summed E-state index contributed by atoms with van der Waals surface area (Å²) < 4.78 is 30.9. The molecule has 1 aromatic rings. The van der Waals surface area contributed by atoms with Gasteiger partial charge in [0.1, 0.15) is 6.10 Å². The molecule has 3 rings (SSSR count). The van der Waals surface area contributed by atoms with Gasteiger partial charge in [-0.3, -0.25) is 0 Å². The Morgan fingerprint density at radius 3 is 2.68 bits per heavy atom. The van der Waals surface area contributed by atoms with Gasteiger partial charge >= 0.3 is 6.09 Å². The van der Waals surface area contributed by atoms with Crippen molar-refractivity contribution in [1.82, 2.24) is 9.88 Å². The minimum absolute atomic E-state index is 0.0169. The summed E-state index contributed by atoms with van der Waals surface area (Å²) in [6.45, 7) is 1.11. The number of rotatable bonds is 3. The molecular weight excluding hydrogens is 294 g/mol. The lowest BCUT2D eigenvalue weighted by Gasteiger charge is -2.51. The van der Waals surface area contributed by atoms with E-state index in [-0.39, 0.29) is 23.0 Å². The molecule has 120 valence electrons. The molecule has 1 N–H and O–H groups in total. The van der Waals surface area contributed by atoms with Gasteiger partial charge in [0, 0.05) is 30.9 Å². The largest absolute Gasteiger partial charge is 0.474 e. The Hall–Kier alpha value is -1.92. The van der Waals surface area contributed by atoms with Gasteiger partial charge in [0.2, 0.25) is 5.88 Å². The van der Waals surface area contributed by atoms with Crippen molar-refractivity contribution in [3.8, 4) is 5.88 Å². The molecule has 0 aromatic carbocycles. The zero-order valence-corrected chi connectivity index (χ0v) is 12.0. The van der Waals surface area contributed by atoms with Crippen molar-refractivity contribution in [2.45, 2.75) is 38.2 Å². The number of alkyl halides is 2. The number of halogens is 2. The zero-order chi connectivity index (χ0) is 15.7. The fourth-order valence-electron chi connectivity index (χ4n) is 3.37. The van der Waals surface area contributed by atoms with Gasteiger partial charge in [-0.15, -0.1) is 0 Å². The lowest BCUT2D eigenvalue weighted by molar-refractivity contribution is -0.0532. The molecule has 0 bridgehead atoms. The molecule has 0 atom stereocenters. The number of pyridine rings is 1. The van der Waals surface area contributed by atoms with Crippen LogP contribution in [0.4, 0.5) is 13.6 Å². The molecule has 0 radical (unpaired) electrons. The first-order valence-corrected chi connectivity index (χ1v) is 7.36. The summed E-state index contributed by atoms with van der Waals surface area (Å²) in [4.78, 5) is 16.3. The van der Waals surface area contributed by atoms with Gasteiger partial charge in [-0.25, -0.2) is 18.6 Å². The molecule has 2 fully saturated rings. The summed E-state index contributed by atoms with van der Waals surface area (Å²) in [6.07, 6.45) is 1.26. The van der Waals surface area contributed by atoms with Crippen LogP contribution >= 0.6 is 0 Å². The number of hydrogen-bond acceptors (Lipinski definition) is 3. The minimum Gasteiger partial charge on any atom is -0.474 e. The van der Waals surface area contributed by atoms with E-state index in [2.05, 4.69) is 4.98 Å². The molecule has 1 amide bonds. The van der Waals surface area contributed by atoms with E-state index in [1.165, 1.54) is 23.2 Å². The summed E-state index contributed by atoms with van der Waals surface area (Å²) >= 11 is 0. The molecule has 1 saturated heterocycles. The van der Waals surface area contributed by atoms with Gasteiger partial charge in [0.15, 0.2) is 0 Å². The van der Waals surface area contributed by atoms with E-state index in [9.17, 15) is 13.6 Å². The highest BCUT2D eigenvalue weighted by Crippen LogP contribution is 2.50. The summed E-state index contributed by atoms with van der Waals surface area (Å²) in [7, 11) is 0. The second-order valence-corrected chi connectivity index (χ2v) is 6.15. The van der Waals surface area contributed by atoms with Gasteiger partial charge in [-0.2, -0.15) is 0 Å². The molecule has 7 heteroatoms. The number of carboxylic acid groups (broad SMARTS) is 1. The lowest BCUT2D eigenvalue weighted by Crippen LogP contribution is -2.51. The SMILES string of the molecule is O=C(O)N1CCC2(CC1)CC(Oc1cc(C(F)F)ccn1)C2. The van der Waals surface area contributed by atoms with Gasteiger partial charge in [-0.1, -0.05) is 0 Å². The number of piperidine rings is 1. The average Bonchev–Trinajstić information content (AvgIpc) is 2.46. The Morgan fingerprint density at radius 2 is 2.09 bits per heavy atom. The predicted octanol–water partition coefficient (Wildman–Crippen LogP) is 3.32. The number of hydrogen-bond donors (Lipinski definition) is 1. The van der Waals surface area contributed by atoms with Crippen LogP contribution in [0.3, 0.4) is 0 Å². The number of amides is 1. The molecular formula is C15H18F2N2O3. The fraction of sp³-hybridized carbons (Fsp3) is 0.600. The van der Waals surface area contributed by atoms with Crippen LogP contribution in [0, 0.1) is 5.41 Å². The normalized spacial score (nSPS) is 21.0. The summed E-state index contributed by atoms with van der Waals surface area (Å²) in [5.41, 5.74) is 0.0607. The van der Waals surface area contributed by atoms with E-state index in [0.717, 1.165) is 25.7 Å². The molecule has 2 heterocycles. The van der Waals surface area contributed by atoms with Gasteiger partial charge in [-0.05, 0) is 37.2 Å². The van der Waals surface area contributed by atoms with Crippen molar-refractivity contribution in [3.63, 3.8) is 0 Å². The first-order chi connectivity index (χ1) is 10.5. The Kier molecular flexibility index (Phi) is 3.88. The number of nitrogens with zero attached hydrogens (tertiary/aromatic N) is 2. The Morgan fingerprint density at radius 1 is 1.41 bits per heavy atom. The highest BCUT2D eigenvalue weighted by Gasteiger charge is 2.47. The maximum Gasteiger partial charge on any atom is 0.407 e. The molecule has 1 aliphatic carbocycles. The van der Waals surface area contributed by atoms with Crippen LogP contribution in [-0.2, 0) is 0 Å². The first kappa shape index (κ1) is 15.0. The Labute approximate surface area is 126 Å². The lowest BCUT2D eigenvalue weighted by atomic mass is 9.61. The molecule has 1 spiro atoms. The van der Waals surface area contributed by atoms with E-state index >= 15 is 0 Å². The summed E-state index contributed by atoms with van der Waals surface area (Å²) in [6, 6.07) is 2.56. The van der Waals surface area contributed by atoms with Crippen molar-refractivity contribution < 1.29 is 23.4 Å². The molecule has 1 aliphatic heterocycles. The van der Waals surface area contributed by atoms with Crippen LogP contribution in [0.15, 0.2) is 18.3 Å². The van der Waals surface area contributed by atoms with Crippen LogP contribution < -0.4 is 4.74 Å². The van der Waals surface area contributed by atoms with E-state index in [4.69, 9.17) is 9.84 Å². The number of aromatic nitrogens is 1. The molecule has 2 aliphatic rings. The highest BCUT2D eigenvalue weighted by molar-refractivity contribution is 5.65. The summed E-state index contributed by atoms with van der Waals surface area (Å²) in [5.74, 6) is 0.237. The standard InChI is InChI=1S/C15H18F2N2O3/c16-13(17)10-1-4-18-12(7-10)22-11-8-15(9-11)2-5-19(6-3-15)14(20)21/h1,4,7,11,13H,2-3,5-6,8-9H2,(H,20,21). The predicted molar refractivity (Wildman–Crippen MR) is 74.1 cm³/mol. The van der Waals surface area contributed by atoms with Crippen molar-refractivity contribution in [2.75, 3.05) is 13.1 Å². The molecule has 1 saturated carbocycles. The molecule has 1 aromatic heterocycles. The number of ether oxygens (including phenoxy) is 1. The maximum atomic E-state index is 12.6. The third-order valence-corrected chi connectivity index (χ3v) is 4.71. The molecule has 5 nitrogen and oxygen atoms in total. The van der Waals surface area contributed by atoms with Crippen LogP contribution in [0.2, 0.25) is 0 Å². The van der Waals surface area contributed by atoms with Crippen LogP contribution in [0.5, 0.6) is 5.88 Å². The molecule has 22 heavy (non-hydrogen) atoms. The van der Waals surface area contributed by atoms with Crippen LogP contribution in [-0.4, -0.2) is 40.3 Å². The van der Waals surface area contributed by atoms with E-state index in [1.54, 1.807) is 0 Å². The fourth-order valence-corrected chi connectivity index (χ4v) is 3.37. The van der Waals surface area contributed by atoms with Gasteiger partial charge in [0.25, 0.3) is 6.43 Å². The maximum absolute atomic E-state index is 12.6. The van der Waals surface area contributed by atoms with Crippen LogP contribution in [0.1, 0.15) is 37.7 Å². The van der Waals surface area contributed by atoms with Crippen molar-refractivity contribution in [1.29, 1.82) is 0 Å². The molecule has 0 unspecified atom stereocenters. The van der Waals surface area contributed by atoms with E-state index in [0.29, 0.717) is 13.1 Å². The van der Waals surface area contributed by atoms with Crippen molar-refractivity contribution in [2.24, 2.45) is 5.41 Å². The van der Waals surface area contributed by atoms with Crippen LogP contribution in [0.25, 0.3) is 0 Å². The van der Waals surface area contributed by atoms with Gasteiger partial charge in [0.05, 0.1) is 0 Å². The zero-order valence-electron chi connectivity index (χ0n) is 12.0. The van der Waals surface area contributed by atoms with Crippen molar-refractivity contribution in [3.05, 3.63) is 23.9 Å². The van der Waals surface area contributed by atoms with E-state index < -0.39 is 12.5 Å². The Bertz CT molecular complexity index is 551. The third-order valence-electron chi connectivity index (χ3n) is 4.71. The van der Waals surface area contributed by atoms with Crippen molar-refractivity contribution >= 4 is 6.09 Å². The number of likely N-dealkylation sites (tertiary alicyclic amines) is 1. The van der Waals surface area contributed by atoms with Gasteiger partial charge < -0.3 is 14.7 Å². The highest BCUT2D eigenvalue weighted by atomic mass is 19.3.